The van der Waals surface area contributed by atoms with Crippen LogP contribution in [0.2, 0.25) is 0 Å². The summed E-state index contributed by atoms with van der Waals surface area (Å²) < 4.78 is 0. The van der Waals surface area contributed by atoms with Crippen molar-refractivity contribution < 1.29 is 9.90 Å². The maximum atomic E-state index is 12.6. The van der Waals surface area contributed by atoms with Crippen molar-refractivity contribution in [3.8, 4) is 0 Å². The zero-order valence-electron chi connectivity index (χ0n) is 12.3. The average molecular weight is 271 g/mol. The van der Waals surface area contributed by atoms with Crippen LogP contribution in [0.15, 0.2) is 36.4 Å². The zero-order valence-corrected chi connectivity index (χ0v) is 12.3. The summed E-state index contributed by atoms with van der Waals surface area (Å²) in [4.78, 5) is 14.4. The number of carbonyl (C=O) groups is 1. The zero-order chi connectivity index (χ0) is 14.7. The number of hydrogen-bond acceptors (Lipinski definition) is 2. The van der Waals surface area contributed by atoms with Gasteiger partial charge >= 0.3 is 0 Å². The minimum absolute atomic E-state index is 0.0219. The normalized spacial score (nSPS) is 12.4. The van der Waals surface area contributed by atoms with Crippen LogP contribution in [0.5, 0.6) is 0 Å². The standard InChI is InChI=1S/C17H21NO2/c1-4-18(5-2)17(20)15-11-7-9-13-8-6-10-14(12(3)19)16(13)15/h6-12,19H,4-5H2,1-3H3/t12-/m1/s1. The number of hydrogen-bond donors (Lipinski definition) is 1. The van der Waals surface area contributed by atoms with Crippen molar-refractivity contribution in [3.05, 3.63) is 47.5 Å². The topological polar surface area (TPSA) is 40.5 Å². The lowest BCUT2D eigenvalue weighted by Gasteiger charge is -2.21. The van der Waals surface area contributed by atoms with E-state index in [1.807, 2.05) is 50.2 Å². The molecule has 3 nitrogen and oxygen atoms in total. The van der Waals surface area contributed by atoms with E-state index in [1.54, 1.807) is 11.8 Å². The first-order valence-electron chi connectivity index (χ1n) is 7.09. The maximum Gasteiger partial charge on any atom is 0.254 e. The molecule has 3 heteroatoms. The predicted octanol–water partition coefficient (Wildman–Crippen LogP) is 3.38. The number of nitrogens with zero attached hydrogens (tertiary/aromatic N) is 1. The highest BCUT2D eigenvalue weighted by atomic mass is 16.3. The molecule has 20 heavy (non-hydrogen) atoms. The van der Waals surface area contributed by atoms with Crippen LogP contribution in [0.4, 0.5) is 0 Å². The molecule has 0 aromatic heterocycles. The predicted molar refractivity (Wildman–Crippen MR) is 81.8 cm³/mol. The van der Waals surface area contributed by atoms with Gasteiger partial charge in [-0.15, -0.1) is 0 Å². The molecule has 0 heterocycles. The molecular weight excluding hydrogens is 250 g/mol. The summed E-state index contributed by atoms with van der Waals surface area (Å²) in [5.41, 5.74) is 1.47. The summed E-state index contributed by atoms with van der Waals surface area (Å²) in [5.74, 6) is 0.0219. The van der Waals surface area contributed by atoms with Gasteiger partial charge < -0.3 is 10.0 Å². The molecule has 2 aromatic carbocycles. The van der Waals surface area contributed by atoms with Gasteiger partial charge in [-0.25, -0.2) is 0 Å². The van der Waals surface area contributed by atoms with Gasteiger partial charge in [-0.05, 0) is 37.8 Å². The van der Waals surface area contributed by atoms with E-state index in [4.69, 9.17) is 0 Å². The highest BCUT2D eigenvalue weighted by Gasteiger charge is 2.18. The monoisotopic (exact) mass is 271 g/mol. The van der Waals surface area contributed by atoms with Crippen LogP contribution in [0.25, 0.3) is 10.8 Å². The Labute approximate surface area is 119 Å². The fourth-order valence-electron chi connectivity index (χ4n) is 2.58. The molecule has 0 spiro atoms. The molecule has 0 unspecified atom stereocenters. The second-order valence-electron chi connectivity index (χ2n) is 4.90. The van der Waals surface area contributed by atoms with E-state index in [2.05, 4.69) is 0 Å². The molecule has 0 saturated heterocycles. The van der Waals surface area contributed by atoms with Crippen molar-refractivity contribution in [2.45, 2.75) is 26.9 Å². The van der Waals surface area contributed by atoms with Crippen LogP contribution < -0.4 is 0 Å². The lowest BCUT2D eigenvalue weighted by atomic mass is 9.96. The third kappa shape index (κ3) is 2.54. The van der Waals surface area contributed by atoms with E-state index in [-0.39, 0.29) is 5.91 Å². The summed E-state index contributed by atoms with van der Waals surface area (Å²) in [6.45, 7) is 7.04. The summed E-state index contributed by atoms with van der Waals surface area (Å²) in [6, 6.07) is 11.5. The molecule has 1 N–H and O–H groups in total. The second kappa shape index (κ2) is 6.06. The van der Waals surface area contributed by atoms with Crippen LogP contribution in [0.3, 0.4) is 0 Å². The first-order chi connectivity index (χ1) is 9.60. The molecule has 0 bridgehead atoms. The van der Waals surface area contributed by atoms with Crippen molar-refractivity contribution in [3.63, 3.8) is 0 Å². The molecule has 0 aliphatic rings. The summed E-state index contributed by atoms with van der Waals surface area (Å²) >= 11 is 0. The summed E-state index contributed by atoms with van der Waals surface area (Å²) in [5, 5.41) is 11.8. The lowest BCUT2D eigenvalue weighted by Crippen LogP contribution is -2.30. The van der Waals surface area contributed by atoms with E-state index in [1.165, 1.54) is 0 Å². The largest absolute Gasteiger partial charge is 0.389 e. The maximum absolute atomic E-state index is 12.6. The van der Waals surface area contributed by atoms with Gasteiger partial charge in [-0.1, -0.05) is 30.3 Å². The Morgan fingerprint density at radius 2 is 1.75 bits per heavy atom. The number of carbonyl (C=O) groups excluding carboxylic acids is 1. The molecule has 0 radical (unpaired) electrons. The van der Waals surface area contributed by atoms with Gasteiger partial charge in [0, 0.05) is 24.0 Å². The van der Waals surface area contributed by atoms with Crippen LogP contribution in [0.1, 0.15) is 42.8 Å². The number of amides is 1. The van der Waals surface area contributed by atoms with Gasteiger partial charge in [0.1, 0.15) is 0 Å². The van der Waals surface area contributed by atoms with Crippen molar-refractivity contribution in [2.75, 3.05) is 13.1 Å². The van der Waals surface area contributed by atoms with Crippen LogP contribution in [-0.4, -0.2) is 29.0 Å². The minimum atomic E-state index is -0.593. The van der Waals surface area contributed by atoms with Crippen molar-refractivity contribution >= 4 is 16.7 Å². The SMILES string of the molecule is CCN(CC)C(=O)c1cccc2cccc([C@@H](C)O)c12. The number of aliphatic hydroxyl groups excluding tert-OH is 1. The number of fused-ring (bicyclic) bond motifs is 1. The Morgan fingerprint density at radius 3 is 2.30 bits per heavy atom. The van der Waals surface area contributed by atoms with Crippen LogP contribution >= 0.6 is 0 Å². The molecular formula is C17H21NO2. The molecule has 2 aromatic rings. The Bertz CT molecular complexity index is 610. The number of benzene rings is 2. The van der Waals surface area contributed by atoms with Crippen molar-refractivity contribution in [1.82, 2.24) is 4.90 Å². The van der Waals surface area contributed by atoms with Gasteiger partial charge in [0.25, 0.3) is 5.91 Å². The molecule has 2 rings (SSSR count). The molecule has 106 valence electrons. The molecule has 0 fully saturated rings. The Hall–Kier alpha value is -1.87. The average Bonchev–Trinajstić information content (AvgIpc) is 2.46. The summed E-state index contributed by atoms with van der Waals surface area (Å²) in [7, 11) is 0. The first kappa shape index (κ1) is 14.5. The Balaban J connectivity index is 2.67. The van der Waals surface area contributed by atoms with Crippen molar-refractivity contribution in [1.29, 1.82) is 0 Å². The van der Waals surface area contributed by atoms with Gasteiger partial charge in [0.15, 0.2) is 0 Å². The first-order valence-corrected chi connectivity index (χ1v) is 7.09. The second-order valence-corrected chi connectivity index (χ2v) is 4.90. The highest BCUT2D eigenvalue weighted by molar-refractivity contribution is 6.08. The lowest BCUT2D eigenvalue weighted by molar-refractivity contribution is 0.0775. The van der Waals surface area contributed by atoms with Gasteiger partial charge in [0.2, 0.25) is 0 Å². The van der Waals surface area contributed by atoms with Crippen LogP contribution in [0, 0.1) is 0 Å². The van der Waals surface area contributed by atoms with E-state index < -0.39 is 6.10 Å². The van der Waals surface area contributed by atoms with Crippen LogP contribution in [-0.2, 0) is 0 Å². The molecule has 1 amide bonds. The number of rotatable bonds is 4. The Morgan fingerprint density at radius 1 is 1.15 bits per heavy atom. The quantitative estimate of drug-likeness (QED) is 0.926. The third-order valence-electron chi connectivity index (χ3n) is 3.67. The highest BCUT2D eigenvalue weighted by Crippen LogP contribution is 2.28. The minimum Gasteiger partial charge on any atom is -0.389 e. The third-order valence-corrected chi connectivity index (χ3v) is 3.67. The Kier molecular flexibility index (Phi) is 4.40. The van der Waals surface area contributed by atoms with E-state index in [9.17, 15) is 9.90 Å². The molecule has 1 atom stereocenters. The van der Waals surface area contributed by atoms with Gasteiger partial charge in [-0.3, -0.25) is 4.79 Å². The fourth-order valence-corrected chi connectivity index (χ4v) is 2.58. The molecule has 0 saturated carbocycles. The van der Waals surface area contributed by atoms with Gasteiger partial charge in [0.05, 0.1) is 6.10 Å². The van der Waals surface area contributed by atoms with E-state index in [0.717, 1.165) is 16.3 Å². The molecule has 0 aliphatic heterocycles. The van der Waals surface area contributed by atoms with Gasteiger partial charge in [-0.2, -0.15) is 0 Å². The van der Waals surface area contributed by atoms with Crippen molar-refractivity contribution in [2.24, 2.45) is 0 Å². The van der Waals surface area contributed by atoms with E-state index in [0.29, 0.717) is 18.7 Å². The summed E-state index contributed by atoms with van der Waals surface area (Å²) in [6.07, 6.45) is -0.593. The fraction of sp³-hybridized carbons (Fsp3) is 0.353. The van der Waals surface area contributed by atoms with E-state index >= 15 is 0 Å². The smallest absolute Gasteiger partial charge is 0.254 e. The molecule has 0 aliphatic carbocycles. The number of aliphatic hydroxyl groups is 1.